The van der Waals surface area contributed by atoms with Crippen molar-refractivity contribution in [3.8, 4) is 0 Å². The molecular formula is C11H13ClN2. The second kappa shape index (κ2) is 2.94. The van der Waals surface area contributed by atoms with E-state index in [1.807, 2.05) is 12.3 Å². The normalized spacial score (nSPS) is 35.1. The molecule has 74 valence electrons. The van der Waals surface area contributed by atoms with E-state index >= 15 is 0 Å². The number of pyridine rings is 1. The van der Waals surface area contributed by atoms with E-state index in [0.717, 1.165) is 0 Å². The lowest BCUT2D eigenvalue weighted by Gasteiger charge is -2.25. The maximum atomic E-state index is 5.80. The molecule has 2 nitrogen and oxygen atoms in total. The SMILES string of the molecule is Clc1ccc(C23CCN(CC2)C3)cn1. The first-order chi connectivity index (χ1) is 6.78. The zero-order chi connectivity index (χ0) is 9.60. The van der Waals surface area contributed by atoms with Gasteiger partial charge in [-0.05, 0) is 37.6 Å². The predicted octanol–water partition coefficient (Wildman–Crippen LogP) is 2.08. The topological polar surface area (TPSA) is 16.1 Å². The molecule has 0 unspecified atom stereocenters. The molecule has 0 amide bonds. The molecule has 0 spiro atoms. The van der Waals surface area contributed by atoms with Crippen LogP contribution in [0.2, 0.25) is 5.15 Å². The molecule has 2 fully saturated rings. The molecular weight excluding hydrogens is 196 g/mol. The van der Waals surface area contributed by atoms with Gasteiger partial charge in [0.25, 0.3) is 0 Å². The molecule has 3 heterocycles. The summed E-state index contributed by atoms with van der Waals surface area (Å²) in [7, 11) is 0. The van der Waals surface area contributed by atoms with Crippen molar-refractivity contribution in [3.63, 3.8) is 0 Å². The van der Waals surface area contributed by atoms with Crippen LogP contribution in [0.1, 0.15) is 18.4 Å². The Morgan fingerprint density at radius 1 is 1.29 bits per heavy atom. The number of fused-ring (bicyclic) bond motifs is 2. The smallest absolute Gasteiger partial charge is 0.129 e. The highest BCUT2D eigenvalue weighted by Crippen LogP contribution is 2.42. The van der Waals surface area contributed by atoms with Gasteiger partial charge in [0.1, 0.15) is 5.15 Å². The summed E-state index contributed by atoms with van der Waals surface area (Å²) in [5.74, 6) is 0. The van der Waals surface area contributed by atoms with Crippen LogP contribution in [0.4, 0.5) is 0 Å². The van der Waals surface area contributed by atoms with E-state index in [4.69, 9.17) is 11.6 Å². The molecule has 0 saturated carbocycles. The quantitative estimate of drug-likeness (QED) is 0.657. The third-order valence-corrected chi connectivity index (χ3v) is 3.90. The molecule has 2 aliphatic rings. The van der Waals surface area contributed by atoms with Gasteiger partial charge in [0.05, 0.1) is 0 Å². The van der Waals surface area contributed by atoms with Gasteiger partial charge in [-0.1, -0.05) is 17.7 Å². The second-order valence-electron chi connectivity index (χ2n) is 4.43. The number of rotatable bonds is 1. The standard InChI is InChI=1S/C11H13ClN2/c12-10-2-1-9(7-13-10)11-3-5-14(8-11)6-4-11/h1-2,7H,3-6,8H2. The summed E-state index contributed by atoms with van der Waals surface area (Å²) in [5.41, 5.74) is 1.78. The molecule has 14 heavy (non-hydrogen) atoms. The summed E-state index contributed by atoms with van der Waals surface area (Å²) in [5, 5.41) is 0.595. The van der Waals surface area contributed by atoms with E-state index in [2.05, 4.69) is 16.0 Å². The first-order valence-electron chi connectivity index (χ1n) is 5.13. The number of hydrogen-bond donors (Lipinski definition) is 0. The Kier molecular flexibility index (Phi) is 1.83. The Hall–Kier alpha value is -0.600. The molecule has 0 aliphatic carbocycles. The average molecular weight is 209 g/mol. The van der Waals surface area contributed by atoms with E-state index < -0.39 is 0 Å². The minimum atomic E-state index is 0.400. The molecule has 3 rings (SSSR count). The molecule has 3 heteroatoms. The number of aromatic nitrogens is 1. The summed E-state index contributed by atoms with van der Waals surface area (Å²) in [4.78, 5) is 6.72. The fourth-order valence-electron chi connectivity index (χ4n) is 2.79. The zero-order valence-electron chi connectivity index (χ0n) is 8.04. The highest BCUT2D eigenvalue weighted by molar-refractivity contribution is 6.29. The molecule has 2 saturated heterocycles. The predicted molar refractivity (Wildman–Crippen MR) is 56.6 cm³/mol. The summed E-state index contributed by atoms with van der Waals surface area (Å²) >= 11 is 5.80. The van der Waals surface area contributed by atoms with Crippen molar-refractivity contribution in [1.82, 2.24) is 9.88 Å². The van der Waals surface area contributed by atoms with Gasteiger partial charge in [0.15, 0.2) is 0 Å². The van der Waals surface area contributed by atoms with Gasteiger partial charge in [-0.25, -0.2) is 4.98 Å². The van der Waals surface area contributed by atoms with Crippen LogP contribution in [0, 0.1) is 0 Å². The van der Waals surface area contributed by atoms with Crippen LogP contribution in [0.15, 0.2) is 18.3 Å². The van der Waals surface area contributed by atoms with E-state index in [1.165, 1.54) is 38.0 Å². The van der Waals surface area contributed by atoms with Gasteiger partial charge in [0, 0.05) is 18.2 Å². The number of piperidine rings is 1. The Balaban J connectivity index is 1.98. The Morgan fingerprint density at radius 3 is 2.57 bits per heavy atom. The molecule has 1 aromatic heterocycles. The maximum absolute atomic E-state index is 5.80. The zero-order valence-corrected chi connectivity index (χ0v) is 8.80. The third kappa shape index (κ3) is 1.17. The van der Waals surface area contributed by atoms with Crippen molar-refractivity contribution in [3.05, 3.63) is 29.0 Å². The number of hydrogen-bond acceptors (Lipinski definition) is 2. The number of nitrogens with zero attached hydrogens (tertiary/aromatic N) is 2. The maximum Gasteiger partial charge on any atom is 0.129 e. The van der Waals surface area contributed by atoms with Crippen LogP contribution >= 0.6 is 11.6 Å². The third-order valence-electron chi connectivity index (χ3n) is 3.68. The van der Waals surface area contributed by atoms with Crippen molar-refractivity contribution in [2.24, 2.45) is 0 Å². The monoisotopic (exact) mass is 208 g/mol. The lowest BCUT2D eigenvalue weighted by atomic mass is 9.79. The first-order valence-corrected chi connectivity index (χ1v) is 5.51. The Bertz CT molecular complexity index is 339. The van der Waals surface area contributed by atoms with Crippen molar-refractivity contribution >= 4 is 11.6 Å². The Labute approximate surface area is 88.9 Å². The van der Waals surface area contributed by atoms with Crippen LogP contribution in [-0.4, -0.2) is 29.5 Å². The summed E-state index contributed by atoms with van der Waals surface area (Å²) in [6.07, 6.45) is 4.53. The summed E-state index contributed by atoms with van der Waals surface area (Å²) in [6, 6.07) is 4.05. The minimum absolute atomic E-state index is 0.400. The lowest BCUT2D eigenvalue weighted by Crippen LogP contribution is -2.24. The summed E-state index contributed by atoms with van der Waals surface area (Å²) in [6.45, 7) is 3.72. The lowest BCUT2D eigenvalue weighted by molar-refractivity contribution is 0.364. The van der Waals surface area contributed by atoms with Crippen molar-refractivity contribution in [2.45, 2.75) is 18.3 Å². The molecule has 2 aliphatic heterocycles. The van der Waals surface area contributed by atoms with E-state index in [9.17, 15) is 0 Å². The molecule has 2 bridgehead atoms. The highest BCUT2D eigenvalue weighted by atomic mass is 35.5. The van der Waals surface area contributed by atoms with Crippen LogP contribution in [0.25, 0.3) is 0 Å². The molecule has 0 radical (unpaired) electrons. The van der Waals surface area contributed by atoms with Gasteiger partial charge in [0.2, 0.25) is 0 Å². The Morgan fingerprint density at radius 2 is 2.07 bits per heavy atom. The van der Waals surface area contributed by atoms with Gasteiger partial charge in [-0.2, -0.15) is 0 Å². The summed E-state index contributed by atoms with van der Waals surface area (Å²) < 4.78 is 0. The van der Waals surface area contributed by atoms with Crippen molar-refractivity contribution in [2.75, 3.05) is 19.6 Å². The fourth-order valence-corrected chi connectivity index (χ4v) is 2.91. The molecule has 1 aromatic rings. The molecule has 0 atom stereocenters. The fraction of sp³-hybridized carbons (Fsp3) is 0.545. The van der Waals surface area contributed by atoms with Crippen LogP contribution in [-0.2, 0) is 5.41 Å². The first kappa shape index (κ1) is 8.69. The minimum Gasteiger partial charge on any atom is -0.302 e. The van der Waals surface area contributed by atoms with E-state index in [-0.39, 0.29) is 0 Å². The van der Waals surface area contributed by atoms with Gasteiger partial charge < -0.3 is 4.90 Å². The highest BCUT2D eigenvalue weighted by Gasteiger charge is 2.44. The number of halogens is 1. The van der Waals surface area contributed by atoms with Crippen molar-refractivity contribution in [1.29, 1.82) is 0 Å². The average Bonchev–Trinajstić information content (AvgIpc) is 2.79. The molecule has 0 N–H and O–H groups in total. The van der Waals surface area contributed by atoms with Gasteiger partial charge in [-0.15, -0.1) is 0 Å². The second-order valence-corrected chi connectivity index (χ2v) is 4.81. The van der Waals surface area contributed by atoms with E-state index in [1.54, 1.807) is 0 Å². The van der Waals surface area contributed by atoms with Gasteiger partial charge >= 0.3 is 0 Å². The molecule has 0 aromatic carbocycles. The van der Waals surface area contributed by atoms with Gasteiger partial charge in [-0.3, -0.25) is 0 Å². The van der Waals surface area contributed by atoms with Crippen molar-refractivity contribution < 1.29 is 0 Å². The van der Waals surface area contributed by atoms with Crippen LogP contribution in [0.3, 0.4) is 0 Å². The van der Waals surface area contributed by atoms with Crippen LogP contribution in [0.5, 0.6) is 0 Å². The van der Waals surface area contributed by atoms with E-state index in [0.29, 0.717) is 10.6 Å². The van der Waals surface area contributed by atoms with Crippen LogP contribution < -0.4 is 0 Å². The largest absolute Gasteiger partial charge is 0.302 e.